The minimum atomic E-state index is 0. The van der Waals surface area contributed by atoms with Gasteiger partial charge in [-0.2, -0.15) is 0 Å². The van der Waals surface area contributed by atoms with Crippen LogP contribution in [-0.2, 0) is 0 Å². The zero-order chi connectivity index (χ0) is 5.11. The van der Waals surface area contributed by atoms with Crippen LogP contribution in [0.15, 0.2) is 30.6 Å². The van der Waals surface area contributed by atoms with Crippen LogP contribution in [0.25, 0.3) is 0 Å². The second-order valence-electron chi connectivity index (χ2n) is 1.26. The van der Waals surface area contributed by atoms with E-state index in [9.17, 15) is 0 Å². The van der Waals surface area contributed by atoms with E-state index in [1.54, 1.807) is 24.5 Å². The normalized spacial score (nSPS) is 7.50. The first-order valence-corrected chi connectivity index (χ1v) is 2.05. The summed E-state index contributed by atoms with van der Waals surface area (Å²) in [5.41, 5.74) is 0. The van der Waals surface area contributed by atoms with Gasteiger partial charge in [0.15, 0.2) is 0 Å². The predicted octanol–water partition coefficient (Wildman–Crippen LogP) is 0.847. The van der Waals surface area contributed by atoms with Gasteiger partial charge in [-0.05, 0) is 0 Å². The average molecular weight is 112 g/mol. The highest BCUT2D eigenvalue weighted by molar-refractivity contribution is 4.82. The first-order chi connectivity index (χ1) is 3.39. The van der Waals surface area contributed by atoms with Gasteiger partial charge in [0.05, 0.1) is 0 Å². The van der Waals surface area contributed by atoms with Crippen LogP contribution in [0.3, 0.4) is 0 Å². The van der Waals surface area contributed by atoms with Crippen LogP contribution >= 0.6 is 0 Å². The molecule has 2 nitrogen and oxygen atoms in total. The highest BCUT2D eigenvalue weighted by Gasteiger charge is 1.82. The molecule has 1 aromatic rings. The third-order valence-corrected chi connectivity index (χ3v) is 0.700. The summed E-state index contributed by atoms with van der Waals surface area (Å²) in [5, 5.41) is 8.55. The van der Waals surface area contributed by atoms with E-state index in [2.05, 4.69) is 0 Å². The Morgan fingerprint density at radius 1 is 1.00 bits per heavy atom. The fourth-order valence-corrected chi connectivity index (χ4v) is 0.390. The summed E-state index contributed by atoms with van der Waals surface area (Å²) in [6, 6.07) is 5.34. The monoisotopic (exact) mass is 112 g/mol. The average Bonchev–Trinajstić information content (AvgIpc) is 1.69. The van der Waals surface area contributed by atoms with Crippen molar-refractivity contribution in [3.8, 4) is 0 Å². The van der Waals surface area contributed by atoms with Crippen LogP contribution in [0.5, 0.6) is 0 Å². The molecule has 2 heteroatoms. The van der Waals surface area contributed by atoms with Gasteiger partial charge in [0.25, 0.3) is 0 Å². The number of pyridine rings is 1. The van der Waals surface area contributed by atoms with E-state index >= 15 is 0 Å². The van der Waals surface area contributed by atoms with E-state index in [4.69, 9.17) is 5.21 Å². The van der Waals surface area contributed by atoms with Gasteiger partial charge in [-0.3, -0.25) is 5.21 Å². The van der Waals surface area contributed by atoms with Crippen molar-refractivity contribution in [3.05, 3.63) is 30.6 Å². The van der Waals surface area contributed by atoms with Crippen LogP contribution < -0.4 is 4.73 Å². The first kappa shape index (κ1) is 6.95. The summed E-state index contributed by atoms with van der Waals surface area (Å²) in [5.74, 6) is 0. The van der Waals surface area contributed by atoms with E-state index < -0.39 is 0 Å². The second kappa shape index (κ2) is 3.02. The molecule has 0 saturated carbocycles. The molecule has 0 aromatic carbocycles. The van der Waals surface area contributed by atoms with Crippen molar-refractivity contribution in [1.82, 2.24) is 0 Å². The lowest BCUT2D eigenvalue weighted by Crippen LogP contribution is -2.27. The molecule has 1 rings (SSSR count). The first-order valence-electron chi connectivity index (χ1n) is 2.05. The van der Waals surface area contributed by atoms with Gasteiger partial charge in [-0.25, -0.2) is 0 Å². The maximum absolute atomic E-state index is 8.55. The molecule has 0 unspecified atom stereocenters. The lowest BCUT2D eigenvalue weighted by molar-refractivity contribution is -0.904. The fraction of sp³-hybridized carbons (Fsp3) is 0.167. The molecule has 0 radical (unpaired) electrons. The fourth-order valence-electron chi connectivity index (χ4n) is 0.390. The van der Waals surface area contributed by atoms with Crippen LogP contribution in [0.2, 0.25) is 0 Å². The van der Waals surface area contributed by atoms with Crippen LogP contribution in [0.4, 0.5) is 0 Å². The molecule has 0 aliphatic heterocycles. The van der Waals surface area contributed by atoms with Crippen LogP contribution in [0.1, 0.15) is 7.43 Å². The van der Waals surface area contributed by atoms with E-state index in [-0.39, 0.29) is 7.43 Å². The molecule has 44 valence electrons. The Bertz CT molecular complexity index is 138. The highest BCUT2D eigenvalue weighted by Crippen LogP contribution is 1.71. The Morgan fingerprint density at radius 3 is 1.75 bits per heavy atom. The maximum Gasteiger partial charge on any atom is 0.222 e. The van der Waals surface area contributed by atoms with Gasteiger partial charge < -0.3 is 0 Å². The van der Waals surface area contributed by atoms with Crippen molar-refractivity contribution < 1.29 is 9.94 Å². The van der Waals surface area contributed by atoms with Gasteiger partial charge in [0, 0.05) is 16.9 Å². The number of nitrogens with zero attached hydrogens (tertiary/aromatic N) is 1. The lowest BCUT2D eigenvalue weighted by atomic mass is 10.5. The van der Waals surface area contributed by atoms with Crippen molar-refractivity contribution in [3.63, 3.8) is 0 Å². The summed E-state index contributed by atoms with van der Waals surface area (Å²) in [4.78, 5) is 0. The summed E-state index contributed by atoms with van der Waals surface area (Å²) in [6.45, 7) is 0. The van der Waals surface area contributed by atoms with Gasteiger partial charge in [0.1, 0.15) is 0 Å². The highest BCUT2D eigenvalue weighted by atomic mass is 16.5. The summed E-state index contributed by atoms with van der Waals surface area (Å²) in [6.07, 6.45) is 3.11. The van der Waals surface area contributed by atoms with Crippen molar-refractivity contribution >= 4 is 0 Å². The van der Waals surface area contributed by atoms with E-state index in [0.29, 0.717) is 0 Å². The Hall–Kier alpha value is -1.05. The predicted molar refractivity (Wildman–Crippen MR) is 30.6 cm³/mol. The third kappa shape index (κ3) is 1.60. The molecular weight excluding hydrogens is 102 g/mol. The summed E-state index contributed by atoms with van der Waals surface area (Å²) >= 11 is 0. The molecule has 0 spiro atoms. The number of hydrogen-bond acceptors (Lipinski definition) is 1. The van der Waals surface area contributed by atoms with Crippen molar-refractivity contribution in [2.24, 2.45) is 0 Å². The smallest absolute Gasteiger partial charge is 0.222 e. The van der Waals surface area contributed by atoms with Gasteiger partial charge >= 0.3 is 0 Å². The van der Waals surface area contributed by atoms with Crippen LogP contribution in [-0.4, -0.2) is 5.21 Å². The van der Waals surface area contributed by atoms with E-state index in [1.807, 2.05) is 6.07 Å². The van der Waals surface area contributed by atoms with Crippen molar-refractivity contribution in [2.75, 3.05) is 0 Å². The SMILES string of the molecule is C.O[n+]1ccccc1. The van der Waals surface area contributed by atoms with Gasteiger partial charge in [-0.15, -0.1) is 0 Å². The topological polar surface area (TPSA) is 24.1 Å². The Kier molecular flexibility index (Phi) is 2.62. The maximum atomic E-state index is 8.55. The molecule has 0 saturated heterocycles. The zero-order valence-electron chi connectivity index (χ0n) is 3.78. The molecule has 0 fully saturated rings. The molecule has 8 heavy (non-hydrogen) atoms. The van der Waals surface area contributed by atoms with Crippen LogP contribution in [0, 0.1) is 0 Å². The quantitative estimate of drug-likeness (QED) is 0.390. The third-order valence-electron chi connectivity index (χ3n) is 0.700. The molecule has 0 aliphatic carbocycles. The lowest BCUT2D eigenvalue weighted by Gasteiger charge is -1.74. The molecule has 0 atom stereocenters. The van der Waals surface area contributed by atoms with Gasteiger partial charge in [-0.1, -0.05) is 13.5 Å². The number of rotatable bonds is 0. The Balaban J connectivity index is 0.000000490. The van der Waals surface area contributed by atoms with E-state index in [0.717, 1.165) is 4.73 Å². The minimum Gasteiger partial charge on any atom is -0.285 e. The number of hydrogen-bond donors (Lipinski definition) is 1. The molecule has 1 aromatic heterocycles. The van der Waals surface area contributed by atoms with Gasteiger partial charge in [0.2, 0.25) is 12.4 Å². The largest absolute Gasteiger partial charge is 0.285 e. The van der Waals surface area contributed by atoms with E-state index in [1.165, 1.54) is 0 Å². The standard InChI is InChI=1S/C5H6NO.CH4/c7-6-4-2-1-3-5-6;/h1-5,7H;1H4/q+1;. The van der Waals surface area contributed by atoms with Crippen molar-refractivity contribution in [2.45, 2.75) is 7.43 Å². The second-order valence-corrected chi connectivity index (χ2v) is 1.26. The Morgan fingerprint density at radius 2 is 1.50 bits per heavy atom. The molecule has 1 N–H and O–H groups in total. The minimum absolute atomic E-state index is 0. The molecule has 1 heterocycles. The molecule has 0 bridgehead atoms. The number of aromatic nitrogens is 1. The molecule has 0 aliphatic rings. The summed E-state index contributed by atoms with van der Waals surface area (Å²) < 4.78 is 1.00. The molecule has 0 amide bonds. The zero-order valence-corrected chi connectivity index (χ0v) is 3.78. The Labute approximate surface area is 49.0 Å². The molecular formula is C6H10NO+. The summed E-state index contributed by atoms with van der Waals surface area (Å²) in [7, 11) is 0. The van der Waals surface area contributed by atoms with Crippen molar-refractivity contribution in [1.29, 1.82) is 0 Å².